The Balaban J connectivity index is 1.65. The Hall–Kier alpha value is -3.51. The van der Waals surface area contributed by atoms with Crippen molar-refractivity contribution in [2.45, 2.75) is 13.3 Å². The number of aromatic amines is 1. The van der Waals surface area contributed by atoms with Crippen molar-refractivity contribution in [2.75, 3.05) is 4.90 Å². The molecule has 0 amide bonds. The third-order valence-corrected chi connectivity index (χ3v) is 4.80. The fourth-order valence-corrected chi connectivity index (χ4v) is 3.31. The maximum Gasteiger partial charge on any atom is 0.216 e. The van der Waals surface area contributed by atoms with E-state index in [1.54, 1.807) is 10.9 Å². The van der Waals surface area contributed by atoms with Crippen molar-refractivity contribution in [3.8, 4) is 0 Å². The summed E-state index contributed by atoms with van der Waals surface area (Å²) in [5.74, 6) is 0.808. The highest BCUT2D eigenvalue weighted by atomic mass is 32.1. The summed E-state index contributed by atoms with van der Waals surface area (Å²) in [5, 5.41) is 11.4. The summed E-state index contributed by atoms with van der Waals surface area (Å²) < 4.78 is 2.15. The number of aryl methyl sites for hydroxylation is 1. The third kappa shape index (κ3) is 4.17. The van der Waals surface area contributed by atoms with Crippen LogP contribution in [-0.2, 0) is 6.42 Å². The van der Waals surface area contributed by atoms with E-state index in [2.05, 4.69) is 56.6 Å². The quantitative estimate of drug-likeness (QED) is 0.327. The number of nitrogens with one attached hydrogen (secondary N) is 1. The number of benzene rings is 3. The molecule has 0 unspecified atom stereocenters. The van der Waals surface area contributed by atoms with Crippen molar-refractivity contribution < 1.29 is 0 Å². The van der Waals surface area contributed by atoms with Gasteiger partial charge in [0.2, 0.25) is 4.77 Å². The lowest BCUT2D eigenvalue weighted by molar-refractivity contribution is 0.780. The molecule has 0 atom stereocenters. The Morgan fingerprint density at radius 1 is 0.897 bits per heavy atom. The maximum absolute atomic E-state index is 5.24. The molecule has 4 aromatic rings. The van der Waals surface area contributed by atoms with E-state index in [1.165, 1.54) is 0 Å². The molecule has 29 heavy (non-hydrogen) atoms. The van der Waals surface area contributed by atoms with Crippen molar-refractivity contribution in [1.29, 1.82) is 0 Å². The zero-order valence-electron chi connectivity index (χ0n) is 16.1. The zero-order valence-corrected chi connectivity index (χ0v) is 16.9. The average Bonchev–Trinajstić information content (AvgIpc) is 3.14. The van der Waals surface area contributed by atoms with Gasteiger partial charge in [-0.1, -0.05) is 55.5 Å². The molecule has 1 aromatic heterocycles. The van der Waals surface area contributed by atoms with E-state index in [4.69, 9.17) is 12.2 Å². The highest BCUT2D eigenvalue weighted by Crippen LogP contribution is 2.33. The van der Waals surface area contributed by atoms with Crippen LogP contribution in [0.3, 0.4) is 0 Å². The standard InChI is InChI=1S/C23H21N5S/c1-2-22-25-26-23(29)28(22)24-17-18-13-15-21(16-14-18)27(19-9-5-3-6-10-19)20-11-7-4-8-12-20/h3-17H,2H2,1H3,(H,26,29)/b24-17+. The molecular formula is C23H21N5S. The molecule has 144 valence electrons. The number of nitrogens with zero attached hydrogens (tertiary/aromatic N) is 4. The van der Waals surface area contributed by atoms with Crippen LogP contribution in [0.25, 0.3) is 0 Å². The van der Waals surface area contributed by atoms with Gasteiger partial charge in [0, 0.05) is 23.5 Å². The Morgan fingerprint density at radius 2 is 1.45 bits per heavy atom. The monoisotopic (exact) mass is 399 g/mol. The SMILES string of the molecule is CCc1n[nH]c(=S)n1/N=C/c1ccc(N(c2ccccc2)c2ccccc2)cc1. The summed E-state index contributed by atoms with van der Waals surface area (Å²) in [6.45, 7) is 2.02. The van der Waals surface area contributed by atoms with Crippen molar-refractivity contribution in [1.82, 2.24) is 14.9 Å². The Morgan fingerprint density at radius 3 is 2.00 bits per heavy atom. The van der Waals surface area contributed by atoms with Gasteiger partial charge in [0.15, 0.2) is 5.82 Å². The fraction of sp³-hybridized carbons (Fsp3) is 0.0870. The van der Waals surface area contributed by atoms with E-state index in [0.29, 0.717) is 4.77 Å². The molecule has 0 spiro atoms. The molecule has 1 heterocycles. The zero-order chi connectivity index (χ0) is 20.1. The molecule has 0 saturated carbocycles. The molecule has 0 radical (unpaired) electrons. The van der Waals surface area contributed by atoms with Crippen LogP contribution in [0.1, 0.15) is 18.3 Å². The molecule has 0 saturated heterocycles. The molecule has 0 bridgehead atoms. The Labute approximate surface area is 175 Å². The molecule has 1 N–H and O–H groups in total. The number of hydrogen-bond donors (Lipinski definition) is 1. The van der Waals surface area contributed by atoms with Gasteiger partial charge in [0.05, 0.1) is 6.21 Å². The molecule has 6 heteroatoms. The van der Waals surface area contributed by atoms with Gasteiger partial charge in [-0.05, 0) is 54.2 Å². The van der Waals surface area contributed by atoms with Crippen molar-refractivity contribution in [2.24, 2.45) is 5.10 Å². The third-order valence-electron chi connectivity index (χ3n) is 4.54. The van der Waals surface area contributed by atoms with Crippen LogP contribution in [0.2, 0.25) is 0 Å². The van der Waals surface area contributed by atoms with Gasteiger partial charge in [0.1, 0.15) is 0 Å². The fourth-order valence-electron chi connectivity index (χ4n) is 3.11. The summed E-state index contributed by atoms with van der Waals surface area (Å²) in [7, 11) is 0. The summed E-state index contributed by atoms with van der Waals surface area (Å²) in [6, 6.07) is 29.0. The highest BCUT2D eigenvalue weighted by molar-refractivity contribution is 7.71. The lowest BCUT2D eigenvalue weighted by Crippen LogP contribution is -2.09. The lowest BCUT2D eigenvalue weighted by atomic mass is 10.1. The van der Waals surface area contributed by atoms with Gasteiger partial charge < -0.3 is 4.90 Å². The average molecular weight is 400 g/mol. The lowest BCUT2D eigenvalue weighted by Gasteiger charge is -2.25. The predicted octanol–water partition coefficient (Wildman–Crippen LogP) is 5.86. The maximum atomic E-state index is 5.24. The highest BCUT2D eigenvalue weighted by Gasteiger charge is 2.11. The Kier molecular flexibility index (Phi) is 5.63. The van der Waals surface area contributed by atoms with E-state index in [-0.39, 0.29) is 0 Å². The van der Waals surface area contributed by atoms with Crippen LogP contribution < -0.4 is 4.90 Å². The van der Waals surface area contributed by atoms with Crippen molar-refractivity contribution >= 4 is 35.5 Å². The molecular weight excluding hydrogens is 378 g/mol. The van der Waals surface area contributed by atoms with Gasteiger partial charge in [-0.3, -0.25) is 5.10 Å². The minimum absolute atomic E-state index is 0.494. The number of aromatic nitrogens is 3. The van der Waals surface area contributed by atoms with E-state index >= 15 is 0 Å². The van der Waals surface area contributed by atoms with Gasteiger partial charge in [0.25, 0.3) is 0 Å². The van der Waals surface area contributed by atoms with E-state index in [0.717, 1.165) is 34.9 Å². The van der Waals surface area contributed by atoms with E-state index < -0.39 is 0 Å². The first-order valence-electron chi connectivity index (χ1n) is 9.47. The molecule has 0 aliphatic heterocycles. The van der Waals surface area contributed by atoms with Crippen LogP contribution in [0.4, 0.5) is 17.1 Å². The second-order valence-electron chi connectivity index (χ2n) is 6.45. The van der Waals surface area contributed by atoms with Crippen LogP contribution >= 0.6 is 12.2 Å². The van der Waals surface area contributed by atoms with Gasteiger partial charge in [-0.15, -0.1) is 0 Å². The summed E-state index contributed by atoms with van der Waals surface area (Å²) >= 11 is 5.24. The van der Waals surface area contributed by atoms with Crippen molar-refractivity contribution in [3.63, 3.8) is 0 Å². The number of hydrogen-bond acceptors (Lipinski definition) is 4. The molecule has 4 rings (SSSR count). The normalized spacial score (nSPS) is 11.1. The van der Waals surface area contributed by atoms with E-state index in [9.17, 15) is 0 Å². The van der Waals surface area contributed by atoms with E-state index in [1.807, 2.05) is 55.5 Å². The van der Waals surface area contributed by atoms with Crippen LogP contribution in [0.5, 0.6) is 0 Å². The van der Waals surface area contributed by atoms with Crippen LogP contribution in [0.15, 0.2) is 90.0 Å². The largest absolute Gasteiger partial charge is 0.311 e. The minimum atomic E-state index is 0.494. The first kappa shape index (κ1) is 18.8. The number of rotatable bonds is 6. The molecule has 0 fully saturated rings. The van der Waals surface area contributed by atoms with Crippen LogP contribution in [-0.4, -0.2) is 21.1 Å². The smallest absolute Gasteiger partial charge is 0.216 e. The number of H-pyrrole nitrogens is 1. The molecule has 0 aliphatic rings. The second-order valence-corrected chi connectivity index (χ2v) is 6.84. The van der Waals surface area contributed by atoms with Crippen molar-refractivity contribution in [3.05, 3.63) is 101 Å². The number of para-hydroxylation sites is 2. The predicted molar refractivity (Wildman–Crippen MR) is 121 cm³/mol. The summed E-state index contributed by atoms with van der Waals surface area (Å²) in [4.78, 5) is 2.22. The van der Waals surface area contributed by atoms with Gasteiger partial charge in [-0.2, -0.15) is 14.9 Å². The summed E-state index contributed by atoms with van der Waals surface area (Å²) in [6.07, 6.45) is 2.55. The van der Waals surface area contributed by atoms with Crippen LogP contribution in [0, 0.1) is 4.77 Å². The van der Waals surface area contributed by atoms with Gasteiger partial charge >= 0.3 is 0 Å². The summed E-state index contributed by atoms with van der Waals surface area (Å²) in [5.41, 5.74) is 4.28. The molecule has 0 aliphatic carbocycles. The first-order chi connectivity index (χ1) is 14.3. The topological polar surface area (TPSA) is 49.2 Å². The molecule has 5 nitrogen and oxygen atoms in total. The number of anilines is 3. The second kappa shape index (κ2) is 8.67. The minimum Gasteiger partial charge on any atom is -0.311 e. The molecule has 3 aromatic carbocycles. The first-order valence-corrected chi connectivity index (χ1v) is 9.88. The van der Waals surface area contributed by atoms with Gasteiger partial charge in [-0.25, -0.2) is 0 Å². The Bertz CT molecular complexity index is 1110.